The van der Waals surface area contributed by atoms with Crippen molar-refractivity contribution in [3.8, 4) is 0 Å². The zero-order chi connectivity index (χ0) is 13.0. The third-order valence-electron chi connectivity index (χ3n) is 2.65. The highest BCUT2D eigenvalue weighted by molar-refractivity contribution is 6.30. The number of halogens is 1. The Morgan fingerprint density at radius 3 is 2.39 bits per heavy atom. The zero-order valence-corrected chi connectivity index (χ0v) is 11.2. The minimum Gasteiger partial charge on any atom is -0.378 e. The lowest BCUT2D eigenvalue weighted by atomic mass is 10.1. The zero-order valence-electron chi connectivity index (χ0n) is 10.5. The number of hydrogen-bond donors (Lipinski definition) is 0. The van der Waals surface area contributed by atoms with Gasteiger partial charge in [-0.05, 0) is 23.8 Å². The van der Waals surface area contributed by atoms with Gasteiger partial charge in [-0.2, -0.15) is 0 Å². The van der Waals surface area contributed by atoms with E-state index in [1.807, 2.05) is 38.4 Å². The molecule has 3 heteroatoms. The Morgan fingerprint density at radius 2 is 1.78 bits per heavy atom. The van der Waals surface area contributed by atoms with Gasteiger partial charge in [0.15, 0.2) is 0 Å². The molecule has 1 heterocycles. The third-order valence-corrected chi connectivity index (χ3v) is 2.97. The molecular weight excluding hydrogens is 244 g/mol. The molecule has 2 aromatic rings. The van der Waals surface area contributed by atoms with E-state index in [0.29, 0.717) is 5.15 Å². The van der Waals surface area contributed by atoms with Crippen LogP contribution in [0.15, 0.2) is 42.6 Å². The Labute approximate surface area is 113 Å². The van der Waals surface area contributed by atoms with Crippen molar-refractivity contribution in [2.75, 3.05) is 19.0 Å². The van der Waals surface area contributed by atoms with E-state index in [2.05, 4.69) is 34.1 Å². The molecule has 0 N–H and O–H groups in total. The molecule has 2 rings (SSSR count). The Morgan fingerprint density at radius 1 is 1.06 bits per heavy atom. The molecule has 92 valence electrons. The maximum absolute atomic E-state index is 5.99. The smallest absolute Gasteiger partial charge is 0.136 e. The topological polar surface area (TPSA) is 16.1 Å². The molecule has 18 heavy (non-hydrogen) atoms. The van der Waals surface area contributed by atoms with Gasteiger partial charge < -0.3 is 4.90 Å². The number of hydrogen-bond acceptors (Lipinski definition) is 2. The lowest BCUT2D eigenvalue weighted by Gasteiger charge is -2.11. The van der Waals surface area contributed by atoms with Crippen LogP contribution in [0.4, 0.5) is 5.69 Å². The molecule has 0 unspecified atom stereocenters. The first-order valence-electron chi connectivity index (χ1n) is 5.73. The van der Waals surface area contributed by atoms with Crippen LogP contribution in [0, 0.1) is 0 Å². The van der Waals surface area contributed by atoms with E-state index < -0.39 is 0 Å². The van der Waals surface area contributed by atoms with Gasteiger partial charge in [-0.25, -0.2) is 4.98 Å². The SMILES string of the molecule is CN(C)c1ccc(C=Cc2cccnc2Cl)cc1. The predicted octanol–water partition coefficient (Wildman–Crippen LogP) is 3.97. The van der Waals surface area contributed by atoms with Crippen LogP contribution in [-0.2, 0) is 0 Å². The standard InChI is InChI=1S/C15H15ClN2/c1-18(2)14-9-6-12(7-10-14)5-8-13-4-3-11-17-15(13)16/h3-11H,1-2H3. The second-order valence-electron chi connectivity index (χ2n) is 4.20. The maximum atomic E-state index is 5.99. The van der Waals surface area contributed by atoms with E-state index >= 15 is 0 Å². The summed E-state index contributed by atoms with van der Waals surface area (Å²) in [6, 6.07) is 12.2. The van der Waals surface area contributed by atoms with E-state index in [0.717, 1.165) is 11.1 Å². The monoisotopic (exact) mass is 258 g/mol. The second-order valence-corrected chi connectivity index (χ2v) is 4.56. The molecular formula is C15H15ClN2. The molecule has 0 aliphatic carbocycles. The number of nitrogens with zero attached hydrogens (tertiary/aromatic N) is 2. The molecule has 1 aromatic heterocycles. The minimum atomic E-state index is 0.527. The van der Waals surface area contributed by atoms with Crippen molar-refractivity contribution >= 4 is 29.4 Å². The third kappa shape index (κ3) is 3.11. The molecule has 0 fully saturated rings. The molecule has 0 amide bonds. The largest absolute Gasteiger partial charge is 0.378 e. The summed E-state index contributed by atoms with van der Waals surface area (Å²) in [5.41, 5.74) is 3.25. The first-order valence-corrected chi connectivity index (χ1v) is 6.10. The molecule has 1 aromatic carbocycles. The highest BCUT2D eigenvalue weighted by Crippen LogP contribution is 2.17. The number of anilines is 1. The Kier molecular flexibility index (Phi) is 4.00. The van der Waals surface area contributed by atoms with Crippen molar-refractivity contribution in [1.82, 2.24) is 4.98 Å². The number of benzene rings is 1. The molecule has 0 aliphatic rings. The van der Waals surface area contributed by atoms with Gasteiger partial charge in [0, 0.05) is 31.5 Å². The summed E-state index contributed by atoms with van der Waals surface area (Å²) >= 11 is 5.99. The maximum Gasteiger partial charge on any atom is 0.136 e. The number of pyridine rings is 1. The highest BCUT2D eigenvalue weighted by Gasteiger charge is 1.96. The summed E-state index contributed by atoms with van der Waals surface area (Å²) in [7, 11) is 4.06. The molecule has 2 nitrogen and oxygen atoms in total. The van der Waals surface area contributed by atoms with E-state index in [4.69, 9.17) is 11.6 Å². The molecule has 0 radical (unpaired) electrons. The van der Waals surface area contributed by atoms with Gasteiger partial charge in [-0.1, -0.05) is 42.0 Å². The van der Waals surface area contributed by atoms with Crippen molar-refractivity contribution in [3.05, 3.63) is 58.9 Å². The number of aromatic nitrogens is 1. The fraction of sp³-hybridized carbons (Fsp3) is 0.133. The van der Waals surface area contributed by atoms with Crippen LogP contribution in [-0.4, -0.2) is 19.1 Å². The van der Waals surface area contributed by atoms with Crippen LogP contribution in [0.2, 0.25) is 5.15 Å². The second kappa shape index (κ2) is 5.69. The summed E-state index contributed by atoms with van der Waals surface area (Å²) in [5.74, 6) is 0. The molecule has 0 bridgehead atoms. The van der Waals surface area contributed by atoms with E-state index in [1.165, 1.54) is 5.69 Å². The van der Waals surface area contributed by atoms with Crippen molar-refractivity contribution in [1.29, 1.82) is 0 Å². The van der Waals surface area contributed by atoms with E-state index in [1.54, 1.807) is 6.20 Å². The van der Waals surface area contributed by atoms with E-state index in [-0.39, 0.29) is 0 Å². The van der Waals surface area contributed by atoms with Gasteiger partial charge in [0.2, 0.25) is 0 Å². The van der Waals surface area contributed by atoms with Gasteiger partial charge in [0.05, 0.1) is 0 Å². The summed E-state index contributed by atoms with van der Waals surface area (Å²) in [6.45, 7) is 0. The summed E-state index contributed by atoms with van der Waals surface area (Å²) in [5, 5.41) is 0.527. The Balaban J connectivity index is 2.17. The van der Waals surface area contributed by atoms with Crippen LogP contribution in [0.5, 0.6) is 0 Å². The van der Waals surface area contributed by atoms with Gasteiger partial charge >= 0.3 is 0 Å². The van der Waals surface area contributed by atoms with Crippen LogP contribution in [0.1, 0.15) is 11.1 Å². The lowest BCUT2D eigenvalue weighted by Crippen LogP contribution is -2.07. The van der Waals surface area contributed by atoms with Crippen LogP contribution in [0.25, 0.3) is 12.2 Å². The summed E-state index contributed by atoms with van der Waals surface area (Å²) in [4.78, 5) is 6.11. The molecule has 0 saturated heterocycles. The quantitative estimate of drug-likeness (QED) is 0.775. The van der Waals surface area contributed by atoms with Gasteiger partial charge in [0.1, 0.15) is 5.15 Å². The number of rotatable bonds is 3. The summed E-state index contributed by atoms with van der Waals surface area (Å²) < 4.78 is 0. The average molecular weight is 259 g/mol. The highest BCUT2D eigenvalue weighted by atomic mass is 35.5. The van der Waals surface area contributed by atoms with Gasteiger partial charge in [0.25, 0.3) is 0 Å². The lowest BCUT2D eigenvalue weighted by molar-refractivity contribution is 1.13. The van der Waals surface area contributed by atoms with E-state index in [9.17, 15) is 0 Å². The average Bonchev–Trinajstić information content (AvgIpc) is 2.38. The predicted molar refractivity (Wildman–Crippen MR) is 78.9 cm³/mol. The first-order chi connectivity index (χ1) is 8.66. The molecule has 0 atom stereocenters. The fourth-order valence-electron chi connectivity index (χ4n) is 1.59. The first kappa shape index (κ1) is 12.7. The van der Waals surface area contributed by atoms with Crippen LogP contribution in [0.3, 0.4) is 0 Å². The molecule has 0 saturated carbocycles. The van der Waals surface area contributed by atoms with Crippen molar-refractivity contribution < 1.29 is 0 Å². The van der Waals surface area contributed by atoms with Crippen molar-refractivity contribution in [3.63, 3.8) is 0 Å². The van der Waals surface area contributed by atoms with Gasteiger partial charge in [-0.15, -0.1) is 0 Å². The molecule has 0 aliphatic heterocycles. The Hall–Kier alpha value is -1.80. The van der Waals surface area contributed by atoms with Crippen LogP contribution < -0.4 is 4.90 Å². The fourth-order valence-corrected chi connectivity index (χ4v) is 1.77. The van der Waals surface area contributed by atoms with Crippen molar-refractivity contribution in [2.45, 2.75) is 0 Å². The minimum absolute atomic E-state index is 0.527. The molecule has 0 spiro atoms. The Bertz CT molecular complexity index is 545. The van der Waals surface area contributed by atoms with Gasteiger partial charge in [-0.3, -0.25) is 0 Å². The normalized spacial score (nSPS) is 10.8. The van der Waals surface area contributed by atoms with Crippen LogP contribution >= 0.6 is 11.6 Å². The summed E-state index contributed by atoms with van der Waals surface area (Å²) in [6.07, 6.45) is 5.69. The van der Waals surface area contributed by atoms with Crippen molar-refractivity contribution in [2.24, 2.45) is 0 Å².